The highest BCUT2D eigenvalue weighted by molar-refractivity contribution is 5.91. The number of H-pyrrole nitrogens is 1. The average molecular weight is 392 g/mol. The van der Waals surface area contributed by atoms with Crippen LogP contribution < -0.4 is 10.6 Å². The highest BCUT2D eigenvalue weighted by atomic mass is 19.1. The van der Waals surface area contributed by atoms with E-state index in [-0.39, 0.29) is 6.54 Å². The first kappa shape index (κ1) is 17.5. The van der Waals surface area contributed by atoms with Crippen molar-refractivity contribution in [1.29, 1.82) is 0 Å². The lowest BCUT2D eigenvalue weighted by Gasteiger charge is -2.11. The van der Waals surface area contributed by atoms with Crippen molar-refractivity contribution in [3.63, 3.8) is 0 Å². The van der Waals surface area contributed by atoms with E-state index in [1.165, 1.54) is 25.0 Å². The number of anilines is 3. The van der Waals surface area contributed by atoms with Gasteiger partial charge in [0.25, 0.3) is 0 Å². The summed E-state index contributed by atoms with van der Waals surface area (Å²) >= 11 is 0. The Morgan fingerprint density at radius 3 is 2.72 bits per heavy atom. The van der Waals surface area contributed by atoms with E-state index in [1.807, 2.05) is 30.3 Å². The molecule has 0 atom stereocenters. The number of rotatable bonds is 6. The van der Waals surface area contributed by atoms with E-state index in [4.69, 9.17) is 0 Å². The normalized spacial score (nSPS) is 13.6. The lowest BCUT2D eigenvalue weighted by molar-refractivity contribution is 0.574. The molecule has 0 amide bonds. The number of hydrogen-bond donors (Lipinski definition) is 3. The van der Waals surface area contributed by atoms with Crippen LogP contribution in [0.1, 0.15) is 30.0 Å². The number of fused-ring (bicyclic) bond motifs is 1. The largest absolute Gasteiger partial charge is 0.350 e. The van der Waals surface area contributed by atoms with Crippen LogP contribution in [0.3, 0.4) is 0 Å². The molecular formula is C21H18F2N6. The van der Waals surface area contributed by atoms with E-state index in [9.17, 15) is 8.78 Å². The first-order valence-corrected chi connectivity index (χ1v) is 9.42. The summed E-state index contributed by atoms with van der Waals surface area (Å²) in [4.78, 5) is 9.04. The van der Waals surface area contributed by atoms with Crippen LogP contribution in [0.15, 0.2) is 48.5 Å². The summed E-state index contributed by atoms with van der Waals surface area (Å²) in [5, 5.41) is 14.5. The summed E-state index contributed by atoms with van der Waals surface area (Å²) in [6.45, 7) is 0.137. The van der Waals surface area contributed by atoms with Gasteiger partial charge >= 0.3 is 0 Å². The molecular weight excluding hydrogens is 374 g/mol. The predicted molar refractivity (Wildman–Crippen MR) is 107 cm³/mol. The van der Waals surface area contributed by atoms with Crippen LogP contribution in [0.25, 0.3) is 10.9 Å². The molecule has 4 aromatic rings. The van der Waals surface area contributed by atoms with Gasteiger partial charge in [-0.15, -0.1) is 0 Å². The van der Waals surface area contributed by atoms with E-state index in [2.05, 4.69) is 30.8 Å². The van der Waals surface area contributed by atoms with Crippen LogP contribution in [-0.4, -0.2) is 20.2 Å². The fourth-order valence-corrected chi connectivity index (χ4v) is 3.22. The molecule has 29 heavy (non-hydrogen) atoms. The molecule has 0 saturated heterocycles. The Morgan fingerprint density at radius 1 is 1.03 bits per heavy atom. The minimum absolute atomic E-state index is 0.137. The molecule has 1 aliphatic carbocycles. The first-order valence-electron chi connectivity index (χ1n) is 9.42. The van der Waals surface area contributed by atoms with Crippen LogP contribution >= 0.6 is 0 Å². The van der Waals surface area contributed by atoms with Crippen molar-refractivity contribution in [2.75, 3.05) is 10.6 Å². The first-order chi connectivity index (χ1) is 14.2. The van der Waals surface area contributed by atoms with E-state index >= 15 is 0 Å². The number of benzene rings is 2. The zero-order valence-electron chi connectivity index (χ0n) is 15.4. The van der Waals surface area contributed by atoms with Gasteiger partial charge in [0.15, 0.2) is 5.82 Å². The summed E-state index contributed by atoms with van der Waals surface area (Å²) in [5.41, 5.74) is 2.19. The third-order valence-electron chi connectivity index (χ3n) is 4.92. The van der Waals surface area contributed by atoms with Crippen LogP contribution in [0.5, 0.6) is 0 Å². The molecule has 1 fully saturated rings. The topological polar surface area (TPSA) is 78.5 Å². The summed E-state index contributed by atoms with van der Waals surface area (Å²) in [5.74, 6) is 0.985. The van der Waals surface area contributed by atoms with Gasteiger partial charge in [0.05, 0.1) is 5.52 Å². The summed E-state index contributed by atoms with van der Waals surface area (Å²) in [6, 6.07) is 13.1. The molecule has 3 N–H and O–H groups in total. The van der Waals surface area contributed by atoms with Gasteiger partial charge in [-0.3, -0.25) is 5.10 Å². The molecule has 0 aliphatic heterocycles. The number of nitrogens with one attached hydrogen (secondary N) is 3. The molecule has 0 spiro atoms. The zero-order valence-corrected chi connectivity index (χ0v) is 15.4. The SMILES string of the molecule is Fc1ccc(CNc2nc(Nc3cc(C4CC4)[nH]n3)c3ccccc3n2)c(F)c1. The van der Waals surface area contributed by atoms with Gasteiger partial charge in [-0.05, 0) is 31.0 Å². The second-order valence-electron chi connectivity index (χ2n) is 7.11. The van der Waals surface area contributed by atoms with Crippen LogP contribution in [0.2, 0.25) is 0 Å². The number of hydrogen-bond acceptors (Lipinski definition) is 5. The molecule has 1 aliphatic rings. The predicted octanol–water partition coefficient (Wildman–Crippen LogP) is 4.86. The Kier molecular flexibility index (Phi) is 4.31. The lowest BCUT2D eigenvalue weighted by atomic mass is 10.2. The quantitative estimate of drug-likeness (QED) is 0.437. The Balaban J connectivity index is 1.43. The summed E-state index contributed by atoms with van der Waals surface area (Å²) in [7, 11) is 0. The van der Waals surface area contributed by atoms with Crippen LogP contribution in [0, 0.1) is 11.6 Å². The number of aromatic nitrogens is 4. The molecule has 2 aromatic heterocycles. The van der Waals surface area contributed by atoms with Gasteiger partial charge in [0.1, 0.15) is 17.5 Å². The Morgan fingerprint density at radius 2 is 1.90 bits per heavy atom. The molecule has 2 heterocycles. The summed E-state index contributed by atoms with van der Waals surface area (Å²) in [6.07, 6.45) is 2.37. The van der Waals surface area contributed by atoms with Crippen molar-refractivity contribution in [2.45, 2.75) is 25.3 Å². The molecule has 146 valence electrons. The molecule has 2 aromatic carbocycles. The fraction of sp³-hybridized carbons (Fsp3) is 0.190. The molecule has 0 unspecified atom stereocenters. The average Bonchev–Trinajstić information content (AvgIpc) is 3.46. The smallest absolute Gasteiger partial charge is 0.225 e. The highest BCUT2D eigenvalue weighted by Crippen LogP contribution is 2.39. The van der Waals surface area contributed by atoms with Crippen molar-refractivity contribution in [3.05, 3.63) is 71.4 Å². The van der Waals surface area contributed by atoms with Crippen molar-refractivity contribution < 1.29 is 8.78 Å². The van der Waals surface area contributed by atoms with Gasteiger partial charge in [-0.1, -0.05) is 18.2 Å². The van der Waals surface area contributed by atoms with Crippen molar-refractivity contribution in [1.82, 2.24) is 20.2 Å². The third kappa shape index (κ3) is 3.73. The van der Waals surface area contributed by atoms with Gasteiger partial charge in [0.2, 0.25) is 5.95 Å². The Bertz CT molecular complexity index is 1180. The van der Waals surface area contributed by atoms with Gasteiger partial charge < -0.3 is 10.6 Å². The van der Waals surface area contributed by atoms with E-state index in [1.54, 1.807) is 0 Å². The maximum atomic E-state index is 13.9. The minimum Gasteiger partial charge on any atom is -0.350 e. The number of halogens is 2. The second-order valence-corrected chi connectivity index (χ2v) is 7.11. The van der Waals surface area contributed by atoms with Gasteiger partial charge in [-0.2, -0.15) is 10.1 Å². The zero-order chi connectivity index (χ0) is 19.8. The highest BCUT2D eigenvalue weighted by Gasteiger charge is 2.25. The Hall–Kier alpha value is -3.55. The lowest BCUT2D eigenvalue weighted by Crippen LogP contribution is -2.07. The number of nitrogens with zero attached hydrogens (tertiary/aromatic N) is 3. The van der Waals surface area contributed by atoms with Crippen molar-refractivity contribution >= 4 is 28.5 Å². The van der Waals surface area contributed by atoms with E-state index < -0.39 is 11.6 Å². The maximum Gasteiger partial charge on any atom is 0.225 e. The third-order valence-corrected chi connectivity index (χ3v) is 4.92. The molecule has 8 heteroatoms. The standard InChI is InChI=1S/C21H18F2N6/c22-14-8-7-13(16(23)9-14)11-24-21-25-17-4-2-1-3-15(17)20(27-21)26-19-10-18(28-29-19)12-5-6-12/h1-4,7-10,12H,5-6,11H2,(H3,24,25,26,27,28,29). The monoisotopic (exact) mass is 392 g/mol. The van der Waals surface area contributed by atoms with E-state index in [0.717, 1.165) is 22.7 Å². The Labute approximate surface area is 165 Å². The number of para-hydroxylation sites is 1. The van der Waals surface area contributed by atoms with E-state index in [0.29, 0.717) is 29.1 Å². The number of aromatic amines is 1. The summed E-state index contributed by atoms with van der Waals surface area (Å²) < 4.78 is 27.0. The molecule has 6 nitrogen and oxygen atoms in total. The van der Waals surface area contributed by atoms with Crippen LogP contribution in [-0.2, 0) is 6.54 Å². The molecule has 0 radical (unpaired) electrons. The second kappa shape index (κ2) is 7.12. The molecule has 0 bridgehead atoms. The minimum atomic E-state index is -0.610. The van der Waals surface area contributed by atoms with Gasteiger partial charge in [0, 0.05) is 41.2 Å². The molecule has 1 saturated carbocycles. The molecule has 5 rings (SSSR count). The van der Waals surface area contributed by atoms with Crippen molar-refractivity contribution in [3.8, 4) is 0 Å². The van der Waals surface area contributed by atoms with Crippen molar-refractivity contribution in [2.24, 2.45) is 0 Å². The maximum absolute atomic E-state index is 13.9. The van der Waals surface area contributed by atoms with Crippen LogP contribution in [0.4, 0.5) is 26.4 Å². The van der Waals surface area contributed by atoms with Gasteiger partial charge in [-0.25, -0.2) is 13.8 Å². The fourth-order valence-electron chi connectivity index (χ4n) is 3.22.